The van der Waals surface area contributed by atoms with E-state index in [0.717, 1.165) is 25.1 Å². The van der Waals surface area contributed by atoms with Crippen LogP contribution >= 0.6 is 0 Å². The zero-order valence-electron chi connectivity index (χ0n) is 27.1. The van der Waals surface area contributed by atoms with Gasteiger partial charge in [0.1, 0.15) is 29.8 Å². The fourth-order valence-corrected chi connectivity index (χ4v) is 4.84. The van der Waals surface area contributed by atoms with E-state index in [0.29, 0.717) is 4.90 Å². The van der Waals surface area contributed by atoms with Crippen molar-refractivity contribution in [1.82, 2.24) is 16.0 Å². The quantitative estimate of drug-likeness (QED) is 0.105. The number of carbonyl (C=O) groups is 8. The lowest BCUT2D eigenvalue weighted by Gasteiger charge is -2.34. The lowest BCUT2D eigenvalue weighted by atomic mass is 9.98. The predicted molar refractivity (Wildman–Crippen MR) is 166 cm³/mol. The maximum atomic E-state index is 14.2. The summed E-state index contributed by atoms with van der Waals surface area (Å²) in [7, 11) is 0. The van der Waals surface area contributed by atoms with Crippen molar-refractivity contribution >= 4 is 64.1 Å². The highest BCUT2D eigenvalue weighted by atomic mass is 19.4. The molecule has 21 heteroatoms. The minimum atomic E-state index is -5.03. The Labute approximate surface area is 285 Å². The molecule has 2 aromatic rings. The van der Waals surface area contributed by atoms with Gasteiger partial charge in [-0.05, 0) is 24.5 Å². The Hall–Kier alpha value is -6.02. The van der Waals surface area contributed by atoms with Crippen LogP contribution < -0.4 is 32.2 Å². The van der Waals surface area contributed by atoms with E-state index in [2.05, 4.69) is 16.0 Å². The molecule has 1 aromatic carbocycles. The van der Waals surface area contributed by atoms with Crippen molar-refractivity contribution in [2.24, 2.45) is 11.7 Å². The number of alkyl halides is 3. The van der Waals surface area contributed by atoms with Crippen LogP contribution in [0.2, 0.25) is 0 Å². The summed E-state index contributed by atoms with van der Waals surface area (Å²) in [6.07, 6.45) is -8.46. The molecule has 51 heavy (non-hydrogen) atoms. The summed E-state index contributed by atoms with van der Waals surface area (Å²) >= 11 is 0. The molecule has 0 bridgehead atoms. The largest absolute Gasteiger partial charge is 0.481 e. The van der Waals surface area contributed by atoms with Gasteiger partial charge < -0.3 is 41.4 Å². The molecule has 5 amide bonds. The fourth-order valence-electron chi connectivity index (χ4n) is 4.84. The van der Waals surface area contributed by atoms with Crippen LogP contribution in [-0.4, -0.2) is 86.9 Å². The zero-order chi connectivity index (χ0) is 39.0. The van der Waals surface area contributed by atoms with Crippen LogP contribution in [0.5, 0.6) is 0 Å². The van der Waals surface area contributed by atoms with Crippen molar-refractivity contribution in [1.29, 1.82) is 0 Å². The van der Waals surface area contributed by atoms with Crippen LogP contribution in [0.3, 0.4) is 0 Å². The van der Waals surface area contributed by atoms with Gasteiger partial charge in [-0.3, -0.25) is 43.3 Å². The molecule has 0 fully saturated rings. The molecule has 0 saturated heterocycles. The summed E-state index contributed by atoms with van der Waals surface area (Å²) in [5.41, 5.74) is 1.40. The summed E-state index contributed by atoms with van der Waals surface area (Å²) in [5.74, 6) is -11.5. The number of hydrogen-bond donors (Lipinski definition) is 7. The van der Waals surface area contributed by atoms with Crippen molar-refractivity contribution in [2.75, 3.05) is 4.90 Å². The number of nitrogens with one attached hydrogen (secondary N) is 3. The fraction of sp³-hybridized carbons (Fsp3) is 0.433. The molecule has 0 saturated carbocycles. The number of aliphatic carboxylic acids is 3. The molecule has 0 aliphatic carbocycles. The number of nitrogens with zero attached hydrogens (tertiary/aromatic N) is 1. The molecule has 1 aromatic heterocycles. The van der Waals surface area contributed by atoms with Gasteiger partial charge in [0.15, 0.2) is 0 Å². The number of amides is 5. The molecule has 18 nitrogen and oxygen atoms in total. The molecule has 2 rings (SSSR count). The molecule has 0 spiro atoms. The van der Waals surface area contributed by atoms with Gasteiger partial charge in [0, 0.05) is 36.6 Å². The first-order valence-corrected chi connectivity index (χ1v) is 14.8. The molecular formula is C30H34F3N5O13. The molecule has 8 N–H and O–H groups in total. The van der Waals surface area contributed by atoms with E-state index >= 15 is 0 Å². The molecule has 0 aliphatic rings. The molecular weight excluding hydrogens is 695 g/mol. The molecule has 4 atom stereocenters. The normalized spacial score (nSPS) is 13.7. The zero-order valence-corrected chi connectivity index (χ0v) is 27.1. The van der Waals surface area contributed by atoms with Gasteiger partial charge in [-0.1, -0.05) is 13.8 Å². The Kier molecular flexibility index (Phi) is 13.8. The molecule has 1 heterocycles. The number of fused-ring (bicyclic) bond motifs is 1. The van der Waals surface area contributed by atoms with Crippen molar-refractivity contribution < 1.29 is 71.3 Å². The average molecular weight is 730 g/mol. The van der Waals surface area contributed by atoms with Gasteiger partial charge in [-0.2, -0.15) is 13.2 Å². The van der Waals surface area contributed by atoms with Crippen molar-refractivity contribution in [3.63, 3.8) is 0 Å². The number of anilines is 1. The third-order valence-electron chi connectivity index (χ3n) is 7.14. The standard InChI is InChI=1S/C30H34F3N5O13/c1-12(2)25(37-27(48)17(6-7-21(40)41)36-28(49)18(10-22(42)43)35-13(3)39)29(50)38(19(26(34)47)11-23(44)45)14-4-5-15-16(30(31,32)33)9-24(46)51-20(15)8-14/h4-5,8-9,12,17-19,25H,6-7,10-11H2,1-3H3,(H2,34,47)(H,35,39)(H,36,49)(H,37,48)(H,40,41)(H,42,43)(H,44,45). The minimum Gasteiger partial charge on any atom is -0.481 e. The van der Waals surface area contributed by atoms with E-state index in [-0.39, 0.29) is 6.07 Å². The summed E-state index contributed by atoms with van der Waals surface area (Å²) in [6, 6.07) is -4.66. The molecule has 4 unspecified atom stereocenters. The van der Waals surface area contributed by atoms with Crippen LogP contribution in [0.15, 0.2) is 33.5 Å². The number of carboxylic acid groups (broad SMARTS) is 3. The highest BCUT2D eigenvalue weighted by Crippen LogP contribution is 2.35. The summed E-state index contributed by atoms with van der Waals surface area (Å²) in [5, 5.41) is 33.7. The van der Waals surface area contributed by atoms with Gasteiger partial charge in [-0.25, -0.2) is 4.79 Å². The number of nitrogens with two attached hydrogens (primary N) is 1. The number of carbonyl (C=O) groups excluding carboxylic acids is 5. The SMILES string of the molecule is CC(=O)NC(CC(=O)O)C(=O)NC(CCC(=O)O)C(=O)NC(C(=O)N(c1ccc2c(C(F)(F)F)cc(=O)oc2c1)C(CC(=O)O)C(N)=O)C(C)C. The topological polar surface area (TPSA) is 293 Å². The smallest absolute Gasteiger partial charge is 0.417 e. The maximum Gasteiger partial charge on any atom is 0.417 e. The lowest BCUT2D eigenvalue weighted by Crippen LogP contribution is -2.60. The van der Waals surface area contributed by atoms with Crippen LogP contribution in [0.1, 0.15) is 52.0 Å². The van der Waals surface area contributed by atoms with E-state index in [9.17, 15) is 66.5 Å². The predicted octanol–water partition coefficient (Wildman–Crippen LogP) is -0.0568. The van der Waals surface area contributed by atoms with E-state index in [1.165, 1.54) is 13.8 Å². The van der Waals surface area contributed by atoms with Gasteiger partial charge in [-0.15, -0.1) is 0 Å². The van der Waals surface area contributed by atoms with Crippen LogP contribution in [0.25, 0.3) is 11.0 Å². The Bertz CT molecular complexity index is 1760. The molecule has 0 aliphatic heterocycles. The first-order valence-electron chi connectivity index (χ1n) is 14.8. The van der Waals surface area contributed by atoms with Crippen molar-refractivity contribution in [3.8, 4) is 0 Å². The number of carboxylic acids is 3. The second kappa shape index (κ2) is 17.1. The summed E-state index contributed by atoms with van der Waals surface area (Å²) < 4.78 is 45.9. The van der Waals surface area contributed by atoms with Crippen LogP contribution in [-0.2, 0) is 44.5 Å². The van der Waals surface area contributed by atoms with Gasteiger partial charge in [0.25, 0.3) is 5.91 Å². The second-order valence-corrected chi connectivity index (χ2v) is 11.5. The Balaban J connectivity index is 2.66. The van der Waals surface area contributed by atoms with Gasteiger partial charge >= 0.3 is 29.7 Å². The third-order valence-corrected chi connectivity index (χ3v) is 7.14. The van der Waals surface area contributed by atoms with Gasteiger partial charge in [0.05, 0.1) is 18.4 Å². The number of halogens is 3. The van der Waals surface area contributed by atoms with Crippen molar-refractivity contribution in [2.45, 2.75) is 76.8 Å². The second-order valence-electron chi connectivity index (χ2n) is 11.5. The first kappa shape index (κ1) is 41.2. The molecule has 278 valence electrons. The Morgan fingerprint density at radius 1 is 0.863 bits per heavy atom. The van der Waals surface area contributed by atoms with E-state index in [4.69, 9.17) is 15.3 Å². The van der Waals surface area contributed by atoms with Crippen LogP contribution in [0.4, 0.5) is 18.9 Å². The van der Waals surface area contributed by atoms with Crippen LogP contribution in [0, 0.1) is 5.92 Å². The number of primary amides is 1. The average Bonchev–Trinajstić information content (AvgIpc) is 2.98. The lowest BCUT2D eigenvalue weighted by molar-refractivity contribution is -0.141. The Morgan fingerprint density at radius 3 is 1.94 bits per heavy atom. The maximum absolute atomic E-state index is 14.2. The highest BCUT2D eigenvalue weighted by molar-refractivity contribution is 6.06. The van der Waals surface area contributed by atoms with Gasteiger partial charge in [0.2, 0.25) is 23.6 Å². The monoisotopic (exact) mass is 729 g/mol. The highest BCUT2D eigenvalue weighted by Gasteiger charge is 2.40. The minimum absolute atomic E-state index is 0.186. The first-order chi connectivity index (χ1) is 23.5. The summed E-state index contributed by atoms with van der Waals surface area (Å²) in [6.45, 7) is 3.72. The third kappa shape index (κ3) is 11.5. The van der Waals surface area contributed by atoms with E-state index < -0.39 is 137 Å². The Morgan fingerprint density at radius 2 is 1.45 bits per heavy atom. The summed E-state index contributed by atoms with van der Waals surface area (Å²) in [4.78, 5) is 111. The number of benzene rings is 1. The van der Waals surface area contributed by atoms with E-state index in [1.54, 1.807) is 0 Å². The van der Waals surface area contributed by atoms with Crippen molar-refractivity contribution in [3.05, 3.63) is 40.2 Å². The number of hydrogen-bond acceptors (Lipinski definition) is 10. The van der Waals surface area contributed by atoms with E-state index in [1.807, 2.05) is 0 Å². The number of rotatable bonds is 17. The molecule has 0 radical (unpaired) electrons.